The number of rotatable bonds is 5. The molecule has 5 nitrogen and oxygen atoms in total. The summed E-state index contributed by atoms with van der Waals surface area (Å²) < 4.78 is 6.41. The lowest BCUT2D eigenvalue weighted by molar-refractivity contribution is -0.384. The van der Waals surface area contributed by atoms with Crippen LogP contribution in [0.4, 0.5) is 5.69 Å². The van der Waals surface area contributed by atoms with Gasteiger partial charge in [-0.05, 0) is 45.3 Å². The van der Waals surface area contributed by atoms with E-state index in [2.05, 4.69) is 15.9 Å². The molecular formula is C16H11BrN2O3. The number of benzene rings is 2. The first-order valence-electron chi connectivity index (χ1n) is 6.32. The number of hydrogen-bond donors (Lipinski definition) is 0. The molecule has 0 unspecified atom stereocenters. The molecule has 0 aromatic heterocycles. The SMILES string of the molecule is N#CC=Cc1ccc(OCc2cccc([N+](=O)[O-])c2)c(Br)c1. The number of nitrogens with zero attached hydrogens (tertiary/aromatic N) is 2. The Morgan fingerprint density at radius 3 is 2.82 bits per heavy atom. The van der Waals surface area contributed by atoms with E-state index in [9.17, 15) is 10.1 Å². The summed E-state index contributed by atoms with van der Waals surface area (Å²) in [6, 6.07) is 13.7. The standard InChI is InChI=1S/C16H11BrN2O3/c17-15-10-12(4-2-8-18)6-7-16(15)22-11-13-3-1-5-14(9-13)19(20)21/h1-7,9-10H,11H2. The summed E-state index contributed by atoms with van der Waals surface area (Å²) in [5.74, 6) is 0.626. The first-order valence-corrected chi connectivity index (χ1v) is 7.11. The van der Waals surface area contributed by atoms with Crippen molar-refractivity contribution in [3.8, 4) is 11.8 Å². The molecule has 6 heteroatoms. The Balaban J connectivity index is 2.09. The zero-order valence-electron chi connectivity index (χ0n) is 11.4. The van der Waals surface area contributed by atoms with Gasteiger partial charge in [0.1, 0.15) is 12.4 Å². The van der Waals surface area contributed by atoms with E-state index in [1.54, 1.807) is 24.3 Å². The van der Waals surface area contributed by atoms with Crippen LogP contribution in [0.5, 0.6) is 5.75 Å². The molecule has 0 saturated heterocycles. The number of nitro benzene ring substituents is 1. The van der Waals surface area contributed by atoms with Crippen molar-refractivity contribution in [3.63, 3.8) is 0 Å². The number of non-ortho nitro benzene ring substituents is 1. The summed E-state index contributed by atoms with van der Waals surface area (Å²) in [5, 5.41) is 19.2. The van der Waals surface area contributed by atoms with Crippen molar-refractivity contribution in [1.29, 1.82) is 5.26 Å². The van der Waals surface area contributed by atoms with Crippen LogP contribution in [0.25, 0.3) is 6.08 Å². The minimum Gasteiger partial charge on any atom is -0.488 e. The van der Waals surface area contributed by atoms with Crippen LogP contribution in [0.2, 0.25) is 0 Å². The van der Waals surface area contributed by atoms with Gasteiger partial charge in [-0.15, -0.1) is 0 Å². The smallest absolute Gasteiger partial charge is 0.269 e. The maximum atomic E-state index is 10.7. The minimum absolute atomic E-state index is 0.0390. The first kappa shape index (κ1) is 15.7. The highest BCUT2D eigenvalue weighted by atomic mass is 79.9. The normalized spacial score (nSPS) is 10.4. The molecule has 0 heterocycles. The summed E-state index contributed by atoms with van der Waals surface area (Å²) in [4.78, 5) is 10.3. The quantitative estimate of drug-likeness (QED) is 0.448. The zero-order valence-corrected chi connectivity index (χ0v) is 13.0. The maximum Gasteiger partial charge on any atom is 0.269 e. The Bertz CT molecular complexity index is 766. The monoisotopic (exact) mass is 358 g/mol. The fourth-order valence-electron chi connectivity index (χ4n) is 1.79. The van der Waals surface area contributed by atoms with Crippen molar-refractivity contribution in [2.75, 3.05) is 0 Å². The maximum absolute atomic E-state index is 10.7. The van der Waals surface area contributed by atoms with Gasteiger partial charge in [0.2, 0.25) is 0 Å². The molecule has 0 spiro atoms. The van der Waals surface area contributed by atoms with Crippen LogP contribution in [0.15, 0.2) is 53.0 Å². The van der Waals surface area contributed by atoms with E-state index >= 15 is 0 Å². The molecule has 0 saturated carbocycles. The minimum atomic E-state index is -0.435. The average molecular weight is 359 g/mol. The molecule has 22 heavy (non-hydrogen) atoms. The highest BCUT2D eigenvalue weighted by Gasteiger charge is 2.07. The third-order valence-corrected chi connectivity index (χ3v) is 3.44. The zero-order chi connectivity index (χ0) is 15.9. The molecule has 0 N–H and O–H groups in total. The van der Waals surface area contributed by atoms with Crippen molar-refractivity contribution in [2.45, 2.75) is 6.61 Å². The summed E-state index contributed by atoms with van der Waals surface area (Å²) in [7, 11) is 0. The summed E-state index contributed by atoms with van der Waals surface area (Å²) in [5.41, 5.74) is 1.63. The van der Waals surface area contributed by atoms with Gasteiger partial charge in [0.15, 0.2) is 0 Å². The molecule has 0 radical (unpaired) electrons. The number of nitriles is 1. The van der Waals surface area contributed by atoms with Gasteiger partial charge in [-0.25, -0.2) is 0 Å². The predicted molar refractivity (Wildman–Crippen MR) is 86.2 cm³/mol. The fourth-order valence-corrected chi connectivity index (χ4v) is 2.30. The molecule has 0 fully saturated rings. The Hall–Kier alpha value is -2.65. The molecule has 110 valence electrons. The molecular weight excluding hydrogens is 348 g/mol. The first-order chi connectivity index (χ1) is 10.6. The van der Waals surface area contributed by atoms with E-state index in [0.29, 0.717) is 5.75 Å². The van der Waals surface area contributed by atoms with Crippen molar-refractivity contribution in [1.82, 2.24) is 0 Å². The van der Waals surface area contributed by atoms with E-state index in [4.69, 9.17) is 10.00 Å². The van der Waals surface area contributed by atoms with Crippen molar-refractivity contribution >= 4 is 27.7 Å². The average Bonchev–Trinajstić information content (AvgIpc) is 2.52. The van der Waals surface area contributed by atoms with Crippen LogP contribution in [-0.2, 0) is 6.61 Å². The van der Waals surface area contributed by atoms with Crippen molar-refractivity contribution in [2.24, 2.45) is 0 Å². The second kappa shape index (κ2) is 7.38. The van der Waals surface area contributed by atoms with Gasteiger partial charge >= 0.3 is 0 Å². The van der Waals surface area contributed by atoms with Gasteiger partial charge < -0.3 is 4.74 Å². The van der Waals surface area contributed by atoms with Gasteiger partial charge in [-0.3, -0.25) is 10.1 Å². The Morgan fingerprint density at radius 1 is 1.32 bits per heavy atom. The molecule has 0 aliphatic rings. The van der Waals surface area contributed by atoms with Gasteiger partial charge in [0.05, 0.1) is 15.5 Å². The lowest BCUT2D eigenvalue weighted by Gasteiger charge is -2.09. The Kier molecular flexibility index (Phi) is 5.28. The topological polar surface area (TPSA) is 76.2 Å². The van der Waals surface area contributed by atoms with E-state index in [1.807, 2.05) is 18.2 Å². The van der Waals surface area contributed by atoms with Gasteiger partial charge in [-0.1, -0.05) is 18.2 Å². The van der Waals surface area contributed by atoms with E-state index in [1.165, 1.54) is 18.2 Å². The molecule has 0 atom stereocenters. The number of halogens is 1. The molecule has 2 aromatic rings. The van der Waals surface area contributed by atoms with E-state index < -0.39 is 4.92 Å². The van der Waals surface area contributed by atoms with Gasteiger partial charge in [0.25, 0.3) is 5.69 Å². The van der Waals surface area contributed by atoms with Crippen LogP contribution in [-0.4, -0.2) is 4.92 Å². The lowest BCUT2D eigenvalue weighted by atomic mass is 10.2. The predicted octanol–water partition coefficient (Wildman–Crippen LogP) is 4.47. The molecule has 0 aliphatic heterocycles. The second-order valence-corrected chi connectivity index (χ2v) is 5.22. The summed E-state index contributed by atoms with van der Waals surface area (Å²) in [6.07, 6.45) is 3.08. The number of ether oxygens (including phenoxy) is 1. The molecule has 2 rings (SSSR count). The lowest BCUT2D eigenvalue weighted by Crippen LogP contribution is -1.97. The third kappa shape index (κ3) is 4.17. The highest BCUT2D eigenvalue weighted by molar-refractivity contribution is 9.10. The highest BCUT2D eigenvalue weighted by Crippen LogP contribution is 2.27. The molecule has 0 bridgehead atoms. The van der Waals surface area contributed by atoms with Crippen LogP contribution < -0.4 is 4.74 Å². The number of hydrogen-bond acceptors (Lipinski definition) is 4. The second-order valence-electron chi connectivity index (χ2n) is 4.37. The van der Waals surface area contributed by atoms with E-state index in [0.717, 1.165) is 15.6 Å². The number of nitro groups is 1. The van der Waals surface area contributed by atoms with Gasteiger partial charge in [-0.2, -0.15) is 5.26 Å². The Morgan fingerprint density at radius 2 is 2.14 bits per heavy atom. The third-order valence-electron chi connectivity index (χ3n) is 2.82. The van der Waals surface area contributed by atoms with Crippen LogP contribution >= 0.6 is 15.9 Å². The van der Waals surface area contributed by atoms with E-state index in [-0.39, 0.29) is 12.3 Å². The molecule has 0 aliphatic carbocycles. The summed E-state index contributed by atoms with van der Waals surface area (Å²) >= 11 is 3.40. The molecule has 0 amide bonds. The summed E-state index contributed by atoms with van der Waals surface area (Å²) in [6.45, 7) is 0.230. The molecule has 2 aromatic carbocycles. The fraction of sp³-hybridized carbons (Fsp3) is 0.0625. The van der Waals surface area contributed by atoms with Crippen LogP contribution in [0, 0.1) is 21.4 Å². The van der Waals surface area contributed by atoms with Crippen molar-refractivity contribution in [3.05, 3.63) is 74.3 Å². The van der Waals surface area contributed by atoms with Crippen LogP contribution in [0.1, 0.15) is 11.1 Å². The largest absolute Gasteiger partial charge is 0.488 e. The number of allylic oxidation sites excluding steroid dienone is 1. The van der Waals surface area contributed by atoms with Crippen LogP contribution in [0.3, 0.4) is 0 Å². The Labute approximate surface area is 135 Å². The van der Waals surface area contributed by atoms with Gasteiger partial charge in [0, 0.05) is 18.2 Å². The van der Waals surface area contributed by atoms with Crippen molar-refractivity contribution < 1.29 is 9.66 Å².